The highest BCUT2D eigenvalue weighted by atomic mass is 127. The van der Waals surface area contributed by atoms with Crippen LogP contribution in [-0.4, -0.2) is 28.6 Å². The van der Waals surface area contributed by atoms with Crippen LogP contribution in [-0.2, 0) is 13.1 Å². The molecule has 1 aliphatic carbocycles. The van der Waals surface area contributed by atoms with Gasteiger partial charge in [0, 0.05) is 19.6 Å². The lowest BCUT2D eigenvalue weighted by molar-refractivity contribution is 0.739. The van der Waals surface area contributed by atoms with Gasteiger partial charge in [0.15, 0.2) is 5.96 Å². The van der Waals surface area contributed by atoms with Crippen LogP contribution in [0.5, 0.6) is 0 Å². The molecule has 1 heterocycles. The van der Waals surface area contributed by atoms with Crippen LogP contribution in [0.15, 0.2) is 59.9 Å². The quantitative estimate of drug-likeness (QED) is 0.298. The number of fused-ring (bicyclic) bond motifs is 1. The maximum absolute atomic E-state index is 4.71. The summed E-state index contributed by atoms with van der Waals surface area (Å²) in [4.78, 5) is 9.17. The van der Waals surface area contributed by atoms with Gasteiger partial charge in [0.2, 0.25) is 0 Å². The molecule has 0 amide bonds. The van der Waals surface area contributed by atoms with Gasteiger partial charge in [-0.05, 0) is 48.9 Å². The number of aromatic nitrogens is 2. The van der Waals surface area contributed by atoms with Gasteiger partial charge >= 0.3 is 0 Å². The van der Waals surface area contributed by atoms with Gasteiger partial charge in [-0.15, -0.1) is 24.0 Å². The first kappa shape index (κ1) is 20.6. The zero-order valence-electron chi connectivity index (χ0n) is 16.3. The molecule has 2 N–H and O–H groups in total. The van der Waals surface area contributed by atoms with Crippen molar-refractivity contribution in [2.45, 2.75) is 32.9 Å². The third-order valence-corrected chi connectivity index (χ3v) is 4.92. The van der Waals surface area contributed by atoms with Crippen LogP contribution in [0.4, 0.5) is 0 Å². The van der Waals surface area contributed by atoms with E-state index in [9.17, 15) is 0 Å². The molecule has 2 aromatic carbocycles. The summed E-state index contributed by atoms with van der Waals surface area (Å²) >= 11 is 0. The monoisotopic (exact) mass is 489 g/mol. The van der Waals surface area contributed by atoms with Gasteiger partial charge in [-0.3, -0.25) is 0 Å². The first-order valence-electron chi connectivity index (χ1n) is 9.81. The maximum atomic E-state index is 4.71. The van der Waals surface area contributed by atoms with Crippen molar-refractivity contribution in [3.05, 3.63) is 66.0 Å². The number of halogens is 1. The fourth-order valence-electron chi connectivity index (χ4n) is 3.16. The Balaban J connectivity index is 0.00000225. The van der Waals surface area contributed by atoms with Crippen LogP contribution in [0.2, 0.25) is 0 Å². The standard InChI is InChI=1S/C22H27N5.HI/c1-2-23-22(24-13-17-7-8-17)25-14-18-9-11-19(12-10-18)15-27-16-26-20-5-3-4-6-21(20)27;/h3-6,9-12,16-17H,2,7-8,13-15H2,1H3,(H2,23,24,25);1H. The molecule has 3 aromatic rings. The summed E-state index contributed by atoms with van der Waals surface area (Å²) in [5.41, 5.74) is 4.70. The molecule has 0 saturated heterocycles. The third kappa shape index (κ3) is 5.47. The summed E-state index contributed by atoms with van der Waals surface area (Å²) in [6.45, 7) is 5.53. The van der Waals surface area contributed by atoms with Crippen molar-refractivity contribution in [2.24, 2.45) is 10.9 Å². The van der Waals surface area contributed by atoms with Gasteiger partial charge in [0.25, 0.3) is 0 Å². The van der Waals surface area contributed by atoms with Crippen LogP contribution >= 0.6 is 24.0 Å². The zero-order valence-corrected chi connectivity index (χ0v) is 18.6. The van der Waals surface area contributed by atoms with Crippen molar-refractivity contribution in [2.75, 3.05) is 13.1 Å². The molecule has 0 radical (unpaired) electrons. The van der Waals surface area contributed by atoms with Crippen LogP contribution in [0.25, 0.3) is 11.0 Å². The molecule has 0 aliphatic heterocycles. The number of nitrogens with zero attached hydrogens (tertiary/aromatic N) is 3. The number of para-hydroxylation sites is 2. The molecular formula is C22H28IN5. The highest BCUT2D eigenvalue weighted by Crippen LogP contribution is 2.27. The molecule has 1 saturated carbocycles. The average molecular weight is 489 g/mol. The molecule has 6 heteroatoms. The lowest BCUT2D eigenvalue weighted by Gasteiger charge is -2.11. The second-order valence-corrected chi connectivity index (χ2v) is 7.20. The zero-order chi connectivity index (χ0) is 18.5. The molecule has 1 aromatic heterocycles. The van der Waals surface area contributed by atoms with E-state index in [2.05, 4.69) is 63.5 Å². The molecular weight excluding hydrogens is 461 g/mol. The summed E-state index contributed by atoms with van der Waals surface area (Å²) in [6.07, 6.45) is 4.61. The van der Waals surface area contributed by atoms with Crippen molar-refractivity contribution in [3.8, 4) is 0 Å². The number of imidazole rings is 1. The Bertz CT molecular complexity index is 912. The molecule has 0 unspecified atom stereocenters. The SMILES string of the molecule is CCNC(=NCc1ccc(Cn2cnc3ccccc32)cc1)NCC1CC1.I. The molecule has 5 nitrogen and oxygen atoms in total. The van der Waals surface area contributed by atoms with Gasteiger partial charge in [-0.25, -0.2) is 9.98 Å². The van der Waals surface area contributed by atoms with Gasteiger partial charge < -0.3 is 15.2 Å². The molecule has 28 heavy (non-hydrogen) atoms. The second kappa shape index (κ2) is 9.91. The third-order valence-electron chi connectivity index (χ3n) is 4.92. The van der Waals surface area contributed by atoms with E-state index in [1.165, 1.54) is 29.5 Å². The highest BCUT2D eigenvalue weighted by Gasteiger charge is 2.20. The van der Waals surface area contributed by atoms with Gasteiger partial charge in [-0.1, -0.05) is 36.4 Å². The lowest BCUT2D eigenvalue weighted by atomic mass is 10.1. The Hall–Kier alpha value is -2.09. The Kier molecular flexibility index (Phi) is 7.30. The molecule has 0 atom stereocenters. The van der Waals surface area contributed by atoms with E-state index < -0.39 is 0 Å². The fourth-order valence-corrected chi connectivity index (χ4v) is 3.16. The van der Waals surface area contributed by atoms with Crippen LogP contribution < -0.4 is 10.6 Å². The predicted molar refractivity (Wildman–Crippen MR) is 126 cm³/mol. The lowest BCUT2D eigenvalue weighted by Crippen LogP contribution is -2.38. The van der Waals surface area contributed by atoms with E-state index in [-0.39, 0.29) is 24.0 Å². The topological polar surface area (TPSA) is 54.2 Å². The summed E-state index contributed by atoms with van der Waals surface area (Å²) in [7, 11) is 0. The minimum absolute atomic E-state index is 0. The Morgan fingerprint density at radius 1 is 1.07 bits per heavy atom. The largest absolute Gasteiger partial charge is 0.357 e. The Morgan fingerprint density at radius 3 is 2.57 bits per heavy atom. The first-order valence-corrected chi connectivity index (χ1v) is 9.81. The number of hydrogen-bond donors (Lipinski definition) is 2. The normalized spacial score (nSPS) is 14.0. The average Bonchev–Trinajstić information content (AvgIpc) is 3.45. The van der Waals surface area contributed by atoms with Crippen LogP contribution in [0.3, 0.4) is 0 Å². The van der Waals surface area contributed by atoms with Crippen molar-refractivity contribution in [3.63, 3.8) is 0 Å². The number of rotatable bonds is 7. The number of benzene rings is 2. The van der Waals surface area contributed by atoms with Gasteiger partial charge in [0.05, 0.1) is 23.9 Å². The predicted octanol–water partition coefficient (Wildman–Crippen LogP) is 4.17. The van der Waals surface area contributed by atoms with E-state index >= 15 is 0 Å². The molecule has 1 fully saturated rings. The summed E-state index contributed by atoms with van der Waals surface area (Å²) in [6, 6.07) is 16.9. The van der Waals surface area contributed by atoms with Crippen molar-refractivity contribution in [1.29, 1.82) is 0 Å². The van der Waals surface area contributed by atoms with Crippen molar-refractivity contribution in [1.82, 2.24) is 20.2 Å². The van der Waals surface area contributed by atoms with Crippen LogP contribution in [0.1, 0.15) is 30.9 Å². The van der Waals surface area contributed by atoms with Gasteiger partial charge in [0.1, 0.15) is 0 Å². The second-order valence-electron chi connectivity index (χ2n) is 7.20. The van der Waals surface area contributed by atoms with E-state index in [0.29, 0.717) is 6.54 Å². The maximum Gasteiger partial charge on any atom is 0.191 e. The number of hydrogen-bond acceptors (Lipinski definition) is 2. The van der Waals surface area contributed by atoms with Crippen LogP contribution in [0, 0.1) is 5.92 Å². The number of nitrogens with one attached hydrogen (secondary N) is 2. The fraction of sp³-hybridized carbons (Fsp3) is 0.364. The van der Waals surface area contributed by atoms with Crippen molar-refractivity contribution < 1.29 is 0 Å². The molecule has 4 rings (SSSR count). The minimum atomic E-state index is 0. The number of guanidine groups is 1. The summed E-state index contributed by atoms with van der Waals surface area (Å²) in [5.74, 6) is 1.76. The Morgan fingerprint density at radius 2 is 1.82 bits per heavy atom. The molecule has 1 aliphatic rings. The van der Waals surface area contributed by atoms with Crippen molar-refractivity contribution >= 4 is 41.0 Å². The Labute approximate surface area is 183 Å². The van der Waals surface area contributed by atoms with E-state index in [4.69, 9.17) is 4.99 Å². The number of aliphatic imine (C=N–C) groups is 1. The smallest absolute Gasteiger partial charge is 0.191 e. The molecule has 0 spiro atoms. The highest BCUT2D eigenvalue weighted by molar-refractivity contribution is 14.0. The molecule has 0 bridgehead atoms. The van der Waals surface area contributed by atoms with Gasteiger partial charge in [-0.2, -0.15) is 0 Å². The van der Waals surface area contributed by atoms with E-state index in [0.717, 1.165) is 37.0 Å². The first-order chi connectivity index (χ1) is 13.3. The van der Waals surface area contributed by atoms with E-state index in [1.807, 2.05) is 18.5 Å². The summed E-state index contributed by atoms with van der Waals surface area (Å²) in [5, 5.41) is 6.76. The molecule has 148 valence electrons. The van der Waals surface area contributed by atoms with E-state index in [1.54, 1.807) is 0 Å². The summed E-state index contributed by atoms with van der Waals surface area (Å²) < 4.78 is 2.19. The minimum Gasteiger partial charge on any atom is -0.357 e.